The topological polar surface area (TPSA) is 117 Å². The van der Waals surface area contributed by atoms with Gasteiger partial charge < -0.3 is 15.2 Å². The molecule has 0 fully saturated rings. The summed E-state index contributed by atoms with van der Waals surface area (Å²) in [6, 6.07) is 13.8. The summed E-state index contributed by atoms with van der Waals surface area (Å²) in [5, 5.41) is 26.1. The molecule has 8 nitrogen and oxygen atoms in total. The fraction of sp³-hybridized carbons (Fsp3) is 0.0625. The predicted octanol–water partition coefficient (Wildman–Crippen LogP) is 2.64. The zero-order valence-corrected chi connectivity index (χ0v) is 12.6. The molecule has 2 heterocycles. The first-order chi connectivity index (χ1) is 11.7. The first-order valence-corrected chi connectivity index (χ1v) is 7.00. The van der Waals surface area contributed by atoms with Crippen molar-refractivity contribution in [1.82, 2.24) is 15.4 Å². The highest BCUT2D eigenvalue weighted by atomic mass is 16.5. The minimum absolute atomic E-state index is 0.134. The van der Waals surface area contributed by atoms with Crippen LogP contribution in [0.1, 0.15) is 21.8 Å². The summed E-state index contributed by atoms with van der Waals surface area (Å²) < 4.78 is 4.87. The van der Waals surface area contributed by atoms with Crippen molar-refractivity contribution >= 4 is 23.2 Å². The fourth-order valence-corrected chi connectivity index (χ4v) is 1.95. The van der Waals surface area contributed by atoms with Crippen LogP contribution >= 0.6 is 0 Å². The fourth-order valence-electron chi connectivity index (χ4n) is 1.95. The van der Waals surface area contributed by atoms with Gasteiger partial charge >= 0.3 is 0 Å². The Morgan fingerprint density at radius 1 is 1.17 bits per heavy atom. The van der Waals surface area contributed by atoms with E-state index in [0.717, 1.165) is 0 Å². The van der Waals surface area contributed by atoms with E-state index in [1.807, 2.05) is 0 Å². The first-order valence-electron chi connectivity index (χ1n) is 7.00. The smallest absolute Gasteiger partial charge is 0.277 e. The van der Waals surface area contributed by atoms with E-state index >= 15 is 0 Å². The minimum atomic E-state index is -0.445. The number of nitriles is 1. The Morgan fingerprint density at radius 2 is 2.00 bits per heavy atom. The van der Waals surface area contributed by atoms with Crippen LogP contribution < -0.4 is 10.6 Å². The maximum Gasteiger partial charge on any atom is 0.277 e. The zero-order chi connectivity index (χ0) is 16.9. The van der Waals surface area contributed by atoms with Crippen LogP contribution in [0, 0.1) is 18.3 Å². The summed E-state index contributed by atoms with van der Waals surface area (Å²) in [7, 11) is 0. The number of aromatic nitrogens is 3. The molecule has 2 aromatic heterocycles. The summed E-state index contributed by atoms with van der Waals surface area (Å²) >= 11 is 0. The Balaban J connectivity index is 1.71. The van der Waals surface area contributed by atoms with Gasteiger partial charge in [-0.25, -0.2) is 0 Å². The van der Waals surface area contributed by atoms with E-state index in [4.69, 9.17) is 9.78 Å². The van der Waals surface area contributed by atoms with Crippen LogP contribution in [0.25, 0.3) is 0 Å². The van der Waals surface area contributed by atoms with Gasteiger partial charge in [0.15, 0.2) is 17.3 Å². The van der Waals surface area contributed by atoms with Gasteiger partial charge in [0.1, 0.15) is 11.8 Å². The molecule has 0 bridgehead atoms. The van der Waals surface area contributed by atoms with Crippen LogP contribution in [-0.4, -0.2) is 21.3 Å². The SMILES string of the molecule is Cc1cc(NC(=O)c2ccc(Nc3ccccc3C#N)nn2)no1. The molecule has 0 radical (unpaired) electrons. The lowest BCUT2D eigenvalue weighted by Crippen LogP contribution is -2.14. The van der Waals surface area contributed by atoms with Gasteiger partial charge in [0.25, 0.3) is 5.91 Å². The Bertz CT molecular complexity index is 911. The van der Waals surface area contributed by atoms with Crippen LogP contribution in [-0.2, 0) is 0 Å². The Labute approximate surface area is 137 Å². The number of carbonyl (C=O) groups excluding carboxylic acids is 1. The molecular weight excluding hydrogens is 308 g/mol. The number of benzene rings is 1. The third kappa shape index (κ3) is 3.36. The predicted molar refractivity (Wildman–Crippen MR) is 85.7 cm³/mol. The average Bonchev–Trinajstić information content (AvgIpc) is 3.01. The maximum absolute atomic E-state index is 12.0. The summed E-state index contributed by atoms with van der Waals surface area (Å²) in [5.74, 6) is 0.878. The van der Waals surface area contributed by atoms with Crippen LogP contribution in [0.3, 0.4) is 0 Å². The molecule has 0 aliphatic heterocycles. The van der Waals surface area contributed by atoms with Crippen molar-refractivity contribution < 1.29 is 9.32 Å². The lowest BCUT2D eigenvalue weighted by atomic mass is 10.2. The van der Waals surface area contributed by atoms with E-state index < -0.39 is 5.91 Å². The summed E-state index contributed by atoms with van der Waals surface area (Å²) in [5.41, 5.74) is 1.24. The molecule has 8 heteroatoms. The molecule has 0 spiro atoms. The molecular formula is C16H12N6O2. The quantitative estimate of drug-likeness (QED) is 0.758. The number of rotatable bonds is 4. The van der Waals surface area contributed by atoms with Crippen molar-refractivity contribution in [1.29, 1.82) is 5.26 Å². The van der Waals surface area contributed by atoms with Crippen molar-refractivity contribution in [2.24, 2.45) is 0 Å². The van der Waals surface area contributed by atoms with E-state index in [0.29, 0.717) is 28.6 Å². The summed E-state index contributed by atoms with van der Waals surface area (Å²) in [4.78, 5) is 12.0. The second-order valence-corrected chi connectivity index (χ2v) is 4.86. The number of nitrogens with zero attached hydrogens (tertiary/aromatic N) is 4. The van der Waals surface area contributed by atoms with E-state index in [-0.39, 0.29) is 5.69 Å². The van der Waals surface area contributed by atoms with Crippen molar-refractivity contribution in [3.05, 3.63) is 59.5 Å². The average molecular weight is 320 g/mol. The lowest BCUT2D eigenvalue weighted by Gasteiger charge is -2.07. The minimum Gasteiger partial charge on any atom is -0.360 e. The number of amides is 1. The third-order valence-corrected chi connectivity index (χ3v) is 3.08. The molecule has 1 aromatic carbocycles. The highest BCUT2D eigenvalue weighted by Crippen LogP contribution is 2.18. The summed E-state index contributed by atoms with van der Waals surface area (Å²) in [6.45, 7) is 1.72. The van der Waals surface area contributed by atoms with Crippen molar-refractivity contribution in [2.75, 3.05) is 10.6 Å². The second kappa shape index (κ2) is 6.58. The Morgan fingerprint density at radius 3 is 2.67 bits per heavy atom. The number of nitrogens with one attached hydrogen (secondary N) is 2. The highest BCUT2D eigenvalue weighted by Gasteiger charge is 2.11. The number of aryl methyl sites for hydroxylation is 1. The number of hydrogen-bond donors (Lipinski definition) is 2. The zero-order valence-electron chi connectivity index (χ0n) is 12.6. The molecule has 0 unspecified atom stereocenters. The van der Waals surface area contributed by atoms with Gasteiger partial charge in [-0.15, -0.1) is 10.2 Å². The van der Waals surface area contributed by atoms with Crippen LogP contribution in [0.15, 0.2) is 47.0 Å². The largest absolute Gasteiger partial charge is 0.360 e. The molecule has 0 atom stereocenters. The second-order valence-electron chi connectivity index (χ2n) is 4.86. The van der Waals surface area contributed by atoms with Crippen molar-refractivity contribution in [3.63, 3.8) is 0 Å². The van der Waals surface area contributed by atoms with E-state index in [9.17, 15) is 4.79 Å². The normalized spacial score (nSPS) is 10.0. The lowest BCUT2D eigenvalue weighted by molar-refractivity contribution is 0.102. The third-order valence-electron chi connectivity index (χ3n) is 3.08. The van der Waals surface area contributed by atoms with Gasteiger partial charge in [0, 0.05) is 6.07 Å². The van der Waals surface area contributed by atoms with Crippen molar-refractivity contribution in [2.45, 2.75) is 6.92 Å². The molecule has 3 aromatic rings. The van der Waals surface area contributed by atoms with Gasteiger partial charge in [-0.05, 0) is 31.2 Å². The molecule has 1 amide bonds. The van der Waals surface area contributed by atoms with Crippen LogP contribution in [0.2, 0.25) is 0 Å². The standard InChI is InChI=1S/C16H12N6O2/c1-10-8-15(22-24-10)19-16(23)13-6-7-14(21-20-13)18-12-5-3-2-4-11(12)9-17/h2-8H,1H3,(H,18,21)(H,19,22,23). The molecule has 0 aliphatic rings. The van der Waals surface area contributed by atoms with E-state index in [2.05, 4.69) is 32.1 Å². The number of hydrogen-bond acceptors (Lipinski definition) is 7. The number of para-hydroxylation sites is 1. The maximum atomic E-state index is 12.0. The number of anilines is 3. The molecule has 0 saturated carbocycles. The number of carbonyl (C=O) groups is 1. The molecule has 0 aliphatic carbocycles. The molecule has 24 heavy (non-hydrogen) atoms. The van der Waals surface area contributed by atoms with E-state index in [1.165, 1.54) is 6.07 Å². The van der Waals surface area contributed by atoms with Gasteiger partial charge in [-0.1, -0.05) is 17.3 Å². The summed E-state index contributed by atoms with van der Waals surface area (Å²) in [6.07, 6.45) is 0. The Hall–Kier alpha value is -3.73. The van der Waals surface area contributed by atoms with Gasteiger partial charge in [0.05, 0.1) is 11.3 Å². The van der Waals surface area contributed by atoms with Crippen molar-refractivity contribution in [3.8, 4) is 6.07 Å². The molecule has 3 rings (SSSR count). The highest BCUT2D eigenvalue weighted by molar-refractivity contribution is 6.02. The molecule has 118 valence electrons. The Kier molecular flexibility index (Phi) is 4.16. The van der Waals surface area contributed by atoms with Gasteiger partial charge in [0.2, 0.25) is 0 Å². The van der Waals surface area contributed by atoms with Gasteiger partial charge in [-0.3, -0.25) is 4.79 Å². The van der Waals surface area contributed by atoms with E-state index in [1.54, 1.807) is 43.3 Å². The van der Waals surface area contributed by atoms with Crippen LogP contribution in [0.4, 0.5) is 17.3 Å². The first kappa shape index (κ1) is 15.2. The molecule has 2 N–H and O–H groups in total. The van der Waals surface area contributed by atoms with Gasteiger partial charge in [-0.2, -0.15) is 5.26 Å². The monoisotopic (exact) mass is 320 g/mol. The molecule has 0 saturated heterocycles. The van der Waals surface area contributed by atoms with Crippen LogP contribution in [0.5, 0.6) is 0 Å².